The van der Waals surface area contributed by atoms with Crippen LogP contribution in [0.1, 0.15) is 25.3 Å². The van der Waals surface area contributed by atoms with Crippen molar-refractivity contribution in [3.63, 3.8) is 0 Å². The van der Waals surface area contributed by atoms with Gasteiger partial charge in [0.25, 0.3) is 0 Å². The zero-order valence-corrected chi connectivity index (χ0v) is 10.4. The molecule has 0 heterocycles. The number of hydrogen-bond acceptors (Lipinski definition) is 1. The fourth-order valence-electron chi connectivity index (χ4n) is 1.49. The lowest BCUT2D eigenvalue weighted by Gasteiger charge is -2.08. The summed E-state index contributed by atoms with van der Waals surface area (Å²) in [4.78, 5) is 0. The third-order valence-electron chi connectivity index (χ3n) is 2.56. The van der Waals surface area contributed by atoms with Crippen molar-refractivity contribution in [2.75, 3.05) is 12.4 Å². The molecule has 1 aromatic carbocycles. The second kappa shape index (κ2) is 7.64. The third-order valence-corrected chi connectivity index (χ3v) is 3.08. The lowest BCUT2D eigenvalue weighted by molar-refractivity contribution is 0.531. The van der Waals surface area contributed by atoms with Crippen LogP contribution in [0.25, 0.3) is 0 Å². The molecule has 0 spiro atoms. The average Bonchev–Trinajstić information content (AvgIpc) is 2.31. The first-order valence-corrected chi connectivity index (χ1v) is 6.27. The van der Waals surface area contributed by atoms with Gasteiger partial charge in [0.2, 0.25) is 0 Å². The summed E-state index contributed by atoms with van der Waals surface area (Å²) >= 11 is 5.72. The van der Waals surface area contributed by atoms with E-state index in [4.69, 9.17) is 11.6 Å². The summed E-state index contributed by atoms with van der Waals surface area (Å²) in [6.07, 6.45) is 2.29. The standard InChI is InChI=1S/C13H19ClFN/c1-11(9-14)3-2-8-16-10-12-4-6-13(15)7-5-12/h4-7,11,16H,2-3,8-10H2,1H3. The minimum absolute atomic E-state index is 0.181. The van der Waals surface area contributed by atoms with Crippen molar-refractivity contribution < 1.29 is 4.39 Å². The first-order chi connectivity index (χ1) is 7.72. The van der Waals surface area contributed by atoms with Gasteiger partial charge in [0.05, 0.1) is 0 Å². The molecule has 1 nitrogen and oxygen atoms in total. The van der Waals surface area contributed by atoms with Gasteiger partial charge in [0.1, 0.15) is 5.82 Å². The highest BCUT2D eigenvalue weighted by atomic mass is 35.5. The Hall–Kier alpha value is -0.600. The number of alkyl halides is 1. The van der Waals surface area contributed by atoms with Crippen LogP contribution >= 0.6 is 11.6 Å². The van der Waals surface area contributed by atoms with Gasteiger partial charge in [-0.05, 0) is 43.0 Å². The zero-order valence-electron chi connectivity index (χ0n) is 9.68. The monoisotopic (exact) mass is 243 g/mol. The van der Waals surface area contributed by atoms with Crippen molar-refractivity contribution in [3.8, 4) is 0 Å². The van der Waals surface area contributed by atoms with Crippen LogP contribution in [0, 0.1) is 11.7 Å². The second-order valence-electron chi connectivity index (χ2n) is 4.20. The molecule has 1 rings (SSSR count). The Bertz CT molecular complexity index is 286. The van der Waals surface area contributed by atoms with Crippen molar-refractivity contribution in [1.29, 1.82) is 0 Å². The number of halogens is 2. The van der Waals surface area contributed by atoms with Gasteiger partial charge in [-0.1, -0.05) is 19.1 Å². The smallest absolute Gasteiger partial charge is 0.123 e. The van der Waals surface area contributed by atoms with E-state index in [0.717, 1.165) is 37.4 Å². The highest BCUT2D eigenvalue weighted by Crippen LogP contribution is 2.06. The molecule has 1 aromatic rings. The van der Waals surface area contributed by atoms with Crippen molar-refractivity contribution >= 4 is 11.6 Å². The summed E-state index contributed by atoms with van der Waals surface area (Å²) < 4.78 is 12.6. The molecule has 0 saturated heterocycles. The molecule has 1 unspecified atom stereocenters. The SMILES string of the molecule is CC(CCl)CCCNCc1ccc(F)cc1. The van der Waals surface area contributed by atoms with E-state index in [1.165, 1.54) is 12.1 Å². The molecule has 0 saturated carbocycles. The Kier molecular flexibility index (Phi) is 6.43. The Morgan fingerprint density at radius 3 is 2.62 bits per heavy atom. The summed E-state index contributed by atoms with van der Waals surface area (Å²) in [7, 11) is 0. The summed E-state index contributed by atoms with van der Waals surface area (Å²) in [6.45, 7) is 3.95. The minimum Gasteiger partial charge on any atom is -0.313 e. The van der Waals surface area contributed by atoms with Gasteiger partial charge >= 0.3 is 0 Å². The summed E-state index contributed by atoms with van der Waals surface area (Å²) in [6, 6.07) is 6.60. The molecule has 90 valence electrons. The van der Waals surface area contributed by atoms with E-state index in [1.807, 2.05) is 12.1 Å². The van der Waals surface area contributed by atoms with Crippen molar-refractivity contribution in [3.05, 3.63) is 35.6 Å². The lowest BCUT2D eigenvalue weighted by atomic mass is 10.1. The van der Waals surface area contributed by atoms with E-state index in [0.29, 0.717) is 5.92 Å². The number of nitrogens with one attached hydrogen (secondary N) is 1. The molecule has 0 aromatic heterocycles. The Labute approximate surface area is 102 Å². The fraction of sp³-hybridized carbons (Fsp3) is 0.538. The predicted molar refractivity (Wildman–Crippen MR) is 67.2 cm³/mol. The highest BCUT2D eigenvalue weighted by molar-refractivity contribution is 6.18. The highest BCUT2D eigenvalue weighted by Gasteiger charge is 1.99. The quantitative estimate of drug-likeness (QED) is 0.570. The average molecular weight is 244 g/mol. The van der Waals surface area contributed by atoms with Crippen molar-refractivity contribution in [2.45, 2.75) is 26.3 Å². The Balaban J connectivity index is 2.09. The van der Waals surface area contributed by atoms with Crippen LogP contribution in [-0.4, -0.2) is 12.4 Å². The predicted octanol–water partition coefficient (Wildman–Crippen LogP) is 3.57. The minimum atomic E-state index is -0.181. The van der Waals surface area contributed by atoms with Crippen LogP contribution < -0.4 is 5.32 Å². The van der Waals surface area contributed by atoms with Crippen LogP contribution in [0.15, 0.2) is 24.3 Å². The van der Waals surface area contributed by atoms with Gasteiger partial charge in [-0.25, -0.2) is 4.39 Å². The van der Waals surface area contributed by atoms with Crippen molar-refractivity contribution in [1.82, 2.24) is 5.32 Å². The first-order valence-electron chi connectivity index (χ1n) is 5.73. The van der Waals surface area contributed by atoms with Crippen molar-refractivity contribution in [2.24, 2.45) is 5.92 Å². The molecule has 0 radical (unpaired) electrons. The number of benzene rings is 1. The van der Waals surface area contributed by atoms with Crippen LogP contribution in [0.4, 0.5) is 4.39 Å². The third kappa shape index (κ3) is 5.47. The maximum Gasteiger partial charge on any atom is 0.123 e. The van der Waals surface area contributed by atoms with Crippen LogP contribution in [0.5, 0.6) is 0 Å². The van der Waals surface area contributed by atoms with E-state index >= 15 is 0 Å². The largest absolute Gasteiger partial charge is 0.313 e. The van der Waals surface area contributed by atoms with Crippen LogP contribution in [0.2, 0.25) is 0 Å². The number of rotatable bonds is 7. The molecule has 16 heavy (non-hydrogen) atoms. The van der Waals surface area contributed by atoms with Gasteiger partial charge in [-0.15, -0.1) is 11.6 Å². The van der Waals surface area contributed by atoms with Gasteiger partial charge in [-0.3, -0.25) is 0 Å². The second-order valence-corrected chi connectivity index (χ2v) is 4.51. The topological polar surface area (TPSA) is 12.0 Å². The van der Waals surface area contributed by atoms with Crippen LogP contribution in [0.3, 0.4) is 0 Å². The molecule has 0 bridgehead atoms. The molecule has 0 fully saturated rings. The molecular weight excluding hydrogens is 225 g/mol. The number of hydrogen-bond donors (Lipinski definition) is 1. The summed E-state index contributed by atoms with van der Waals surface area (Å²) in [5, 5.41) is 3.34. The van der Waals surface area contributed by atoms with E-state index in [1.54, 1.807) is 0 Å². The fourth-order valence-corrected chi connectivity index (χ4v) is 1.64. The molecule has 1 N–H and O–H groups in total. The molecule has 0 aliphatic carbocycles. The van der Waals surface area contributed by atoms with Gasteiger partial charge in [0.15, 0.2) is 0 Å². The molecule has 1 atom stereocenters. The maximum absolute atomic E-state index is 12.6. The summed E-state index contributed by atoms with van der Waals surface area (Å²) in [5.41, 5.74) is 1.12. The zero-order chi connectivity index (χ0) is 11.8. The summed E-state index contributed by atoms with van der Waals surface area (Å²) in [5.74, 6) is 1.15. The molecule has 3 heteroatoms. The van der Waals surface area contributed by atoms with E-state index in [-0.39, 0.29) is 5.82 Å². The Morgan fingerprint density at radius 1 is 1.31 bits per heavy atom. The molecular formula is C13H19ClFN. The molecule has 0 aliphatic heterocycles. The van der Waals surface area contributed by atoms with E-state index < -0.39 is 0 Å². The van der Waals surface area contributed by atoms with E-state index in [9.17, 15) is 4.39 Å². The maximum atomic E-state index is 12.6. The Morgan fingerprint density at radius 2 is 2.00 bits per heavy atom. The lowest BCUT2D eigenvalue weighted by Crippen LogP contribution is -2.15. The van der Waals surface area contributed by atoms with Gasteiger partial charge in [-0.2, -0.15) is 0 Å². The normalized spacial score (nSPS) is 12.7. The first kappa shape index (κ1) is 13.5. The van der Waals surface area contributed by atoms with Crippen LogP contribution in [-0.2, 0) is 6.54 Å². The van der Waals surface area contributed by atoms with Gasteiger partial charge in [0, 0.05) is 12.4 Å². The molecule has 0 aliphatic rings. The van der Waals surface area contributed by atoms with Gasteiger partial charge < -0.3 is 5.32 Å². The molecule has 0 amide bonds. The van der Waals surface area contributed by atoms with E-state index in [2.05, 4.69) is 12.2 Å².